The fraction of sp³-hybridized carbons (Fsp3) is 0.421. The highest BCUT2D eigenvalue weighted by Crippen LogP contribution is 2.27. The largest absolute Gasteiger partial charge is 0.380 e. The Kier molecular flexibility index (Phi) is 6.90. The molecule has 1 amide bonds. The number of amides is 1. The predicted octanol–water partition coefficient (Wildman–Crippen LogP) is 2.18. The van der Waals surface area contributed by atoms with E-state index in [-0.39, 0.29) is 11.6 Å². The van der Waals surface area contributed by atoms with Crippen LogP contribution < -0.4 is 16.0 Å². The van der Waals surface area contributed by atoms with Crippen LogP contribution in [0.25, 0.3) is 11.0 Å². The normalized spacial score (nSPS) is 10.9. The van der Waals surface area contributed by atoms with Crippen molar-refractivity contribution in [1.29, 1.82) is 0 Å². The Hall–Kier alpha value is -3.27. The number of rotatable bonds is 10. The summed E-state index contributed by atoms with van der Waals surface area (Å²) in [5.41, 5.74) is 1.35. The first-order valence-electron chi connectivity index (χ1n) is 9.74. The summed E-state index contributed by atoms with van der Waals surface area (Å²) in [5.74, 6) is 1.28. The molecule has 10 nitrogen and oxygen atoms in total. The molecule has 0 aliphatic heterocycles. The van der Waals surface area contributed by atoms with Crippen molar-refractivity contribution in [3.05, 3.63) is 30.1 Å². The second-order valence-corrected chi connectivity index (χ2v) is 6.09. The predicted molar refractivity (Wildman–Crippen MR) is 112 cm³/mol. The van der Waals surface area contributed by atoms with E-state index in [1.165, 1.54) is 0 Å². The van der Waals surface area contributed by atoms with Gasteiger partial charge in [-0.15, -0.1) is 0 Å². The molecule has 0 radical (unpaired) electrons. The number of nitrogens with zero attached hydrogens (tertiary/aromatic N) is 5. The van der Waals surface area contributed by atoms with Gasteiger partial charge in [0.05, 0.1) is 13.2 Å². The minimum Gasteiger partial charge on any atom is -0.380 e. The number of carbonyl (C=O) groups is 1. The number of aromatic nitrogens is 5. The summed E-state index contributed by atoms with van der Waals surface area (Å²) >= 11 is 0. The van der Waals surface area contributed by atoms with Gasteiger partial charge in [-0.3, -0.25) is 9.48 Å². The number of pyridine rings is 1. The molecular formula is C19H26N8O2. The third-order valence-corrected chi connectivity index (χ3v) is 4.04. The van der Waals surface area contributed by atoms with Crippen LogP contribution in [0, 0.1) is 0 Å². The minimum atomic E-state index is -0.280. The van der Waals surface area contributed by atoms with Crippen molar-refractivity contribution in [2.75, 3.05) is 36.9 Å². The molecule has 0 aliphatic carbocycles. The molecule has 3 aromatic heterocycles. The monoisotopic (exact) mass is 398 g/mol. The maximum atomic E-state index is 12.6. The zero-order valence-electron chi connectivity index (χ0n) is 16.9. The number of anilines is 3. The van der Waals surface area contributed by atoms with Gasteiger partial charge in [-0.25, -0.2) is 9.97 Å². The first kappa shape index (κ1) is 20.5. The highest BCUT2D eigenvalue weighted by atomic mass is 16.5. The van der Waals surface area contributed by atoms with Crippen LogP contribution >= 0.6 is 0 Å². The summed E-state index contributed by atoms with van der Waals surface area (Å²) in [5, 5.41) is 13.6. The van der Waals surface area contributed by atoms with Crippen LogP contribution in [0.15, 0.2) is 24.4 Å². The number of fused-ring (bicyclic) bond motifs is 1. The Labute approximate surface area is 169 Å². The van der Waals surface area contributed by atoms with Gasteiger partial charge < -0.3 is 20.7 Å². The smallest absolute Gasteiger partial charge is 0.274 e. The summed E-state index contributed by atoms with van der Waals surface area (Å²) in [4.78, 5) is 26.1. The standard InChI is InChI=1S/C19H26N8O2/c1-4-20-18(28)15-14-16(27(26-15)11-12-29-6-3)17(25-19(24-14)21-5-2)23-13-9-7-8-10-22-13/h7-10H,4-6,11-12H2,1-3H3,(H,20,28)(H2,21,22,23,24,25). The molecule has 10 heteroatoms. The van der Waals surface area contributed by atoms with Gasteiger partial charge in [0, 0.05) is 25.9 Å². The Morgan fingerprint density at radius 1 is 1.17 bits per heavy atom. The van der Waals surface area contributed by atoms with Crippen molar-refractivity contribution in [1.82, 2.24) is 30.0 Å². The van der Waals surface area contributed by atoms with E-state index < -0.39 is 0 Å². The quantitative estimate of drug-likeness (QED) is 0.445. The lowest BCUT2D eigenvalue weighted by Gasteiger charge is -2.11. The van der Waals surface area contributed by atoms with Gasteiger partial charge in [0.15, 0.2) is 11.5 Å². The number of hydrogen-bond acceptors (Lipinski definition) is 8. The van der Waals surface area contributed by atoms with E-state index in [4.69, 9.17) is 4.74 Å². The Bertz CT molecular complexity index is 958. The summed E-state index contributed by atoms with van der Waals surface area (Å²) in [6, 6.07) is 5.56. The second-order valence-electron chi connectivity index (χ2n) is 6.09. The molecule has 3 aromatic rings. The number of carbonyl (C=O) groups excluding carboxylic acids is 1. The van der Waals surface area contributed by atoms with E-state index in [0.29, 0.717) is 61.5 Å². The molecule has 0 unspecified atom stereocenters. The molecule has 154 valence electrons. The van der Waals surface area contributed by atoms with Crippen LogP contribution in [0.4, 0.5) is 17.6 Å². The number of ether oxygens (including phenoxy) is 1. The van der Waals surface area contributed by atoms with Crippen LogP contribution in [-0.2, 0) is 11.3 Å². The lowest BCUT2D eigenvalue weighted by molar-refractivity contribution is 0.0950. The van der Waals surface area contributed by atoms with Gasteiger partial charge in [0.1, 0.15) is 16.9 Å². The van der Waals surface area contributed by atoms with Gasteiger partial charge >= 0.3 is 0 Å². The van der Waals surface area contributed by atoms with Crippen LogP contribution in [0.5, 0.6) is 0 Å². The third-order valence-electron chi connectivity index (χ3n) is 4.04. The molecule has 3 heterocycles. The Morgan fingerprint density at radius 3 is 2.72 bits per heavy atom. The van der Waals surface area contributed by atoms with Crippen LogP contribution in [0.3, 0.4) is 0 Å². The Morgan fingerprint density at radius 2 is 2.03 bits per heavy atom. The Balaban J connectivity index is 2.15. The zero-order chi connectivity index (χ0) is 20.6. The number of hydrogen-bond donors (Lipinski definition) is 3. The lowest BCUT2D eigenvalue weighted by atomic mass is 10.3. The molecular weight excluding hydrogens is 372 g/mol. The van der Waals surface area contributed by atoms with Gasteiger partial charge in [0.25, 0.3) is 5.91 Å². The van der Waals surface area contributed by atoms with E-state index in [1.54, 1.807) is 10.9 Å². The summed E-state index contributed by atoms with van der Waals surface area (Å²) < 4.78 is 7.18. The van der Waals surface area contributed by atoms with E-state index in [9.17, 15) is 4.79 Å². The van der Waals surface area contributed by atoms with E-state index in [1.807, 2.05) is 39.0 Å². The van der Waals surface area contributed by atoms with Gasteiger partial charge in [-0.1, -0.05) is 6.07 Å². The average molecular weight is 398 g/mol. The molecule has 0 bridgehead atoms. The van der Waals surface area contributed by atoms with Crippen LogP contribution in [-0.4, -0.2) is 56.9 Å². The van der Waals surface area contributed by atoms with Crippen LogP contribution in [0.1, 0.15) is 31.3 Å². The van der Waals surface area contributed by atoms with Crippen molar-refractivity contribution in [2.24, 2.45) is 0 Å². The fourth-order valence-electron chi connectivity index (χ4n) is 2.82. The maximum absolute atomic E-state index is 12.6. The maximum Gasteiger partial charge on any atom is 0.274 e. The molecule has 0 saturated heterocycles. The molecule has 0 saturated carbocycles. The average Bonchev–Trinajstić information content (AvgIpc) is 3.08. The molecule has 0 fully saturated rings. The van der Waals surface area contributed by atoms with Crippen molar-refractivity contribution >= 4 is 34.5 Å². The third kappa shape index (κ3) is 4.77. The van der Waals surface area contributed by atoms with E-state index in [0.717, 1.165) is 0 Å². The van der Waals surface area contributed by atoms with Crippen molar-refractivity contribution in [2.45, 2.75) is 27.3 Å². The second kappa shape index (κ2) is 9.78. The SMILES string of the molecule is CCNC(=O)c1nn(CCOCC)c2c(Nc3ccccn3)nc(NCC)nc12. The van der Waals surface area contributed by atoms with E-state index in [2.05, 4.69) is 36.0 Å². The van der Waals surface area contributed by atoms with Crippen molar-refractivity contribution in [3.8, 4) is 0 Å². The number of nitrogens with one attached hydrogen (secondary N) is 3. The van der Waals surface area contributed by atoms with Crippen molar-refractivity contribution in [3.63, 3.8) is 0 Å². The molecule has 29 heavy (non-hydrogen) atoms. The van der Waals surface area contributed by atoms with Gasteiger partial charge in [-0.05, 0) is 32.9 Å². The van der Waals surface area contributed by atoms with Gasteiger partial charge in [0.2, 0.25) is 5.95 Å². The van der Waals surface area contributed by atoms with Crippen LogP contribution in [0.2, 0.25) is 0 Å². The summed E-state index contributed by atoms with van der Waals surface area (Å²) in [7, 11) is 0. The summed E-state index contributed by atoms with van der Waals surface area (Å²) in [6.07, 6.45) is 1.69. The summed E-state index contributed by atoms with van der Waals surface area (Å²) in [6.45, 7) is 8.41. The molecule has 0 spiro atoms. The first-order chi connectivity index (χ1) is 14.2. The zero-order valence-corrected chi connectivity index (χ0v) is 16.9. The minimum absolute atomic E-state index is 0.254. The molecule has 3 N–H and O–H groups in total. The molecule has 3 rings (SSSR count). The fourth-order valence-corrected chi connectivity index (χ4v) is 2.82. The van der Waals surface area contributed by atoms with Gasteiger partial charge in [-0.2, -0.15) is 10.1 Å². The first-order valence-corrected chi connectivity index (χ1v) is 9.74. The topological polar surface area (TPSA) is 119 Å². The van der Waals surface area contributed by atoms with Crippen molar-refractivity contribution < 1.29 is 9.53 Å². The molecule has 0 aliphatic rings. The highest BCUT2D eigenvalue weighted by molar-refractivity contribution is 6.06. The van der Waals surface area contributed by atoms with E-state index >= 15 is 0 Å². The lowest BCUT2D eigenvalue weighted by Crippen LogP contribution is -2.23. The highest BCUT2D eigenvalue weighted by Gasteiger charge is 2.23. The molecule has 0 atom stereocenters. The molecule has 0 aromatic carbocycles.